The number of nitrogens with zero attached hydrogens (tertiary/aromatic N) is 2. The lowest BCUT2D eigenvalue weighted by molar-refractivity contribution is 0.483. The van der Waals surface area contributed by atoms with Gasteiger partial charge in [0.25, 0.3) is 0 Å². The molecule has 8 heteroatoms. The van der Waals surface area contributed by atoms with E-state index in [1.165, 1.54) is 6.33 Å². The first kappa shape index (κ1) is 18.2. The Morgan fingerprint density at radius 1 is 0.929 bits per heavy atom. The van der Waals surface area contributed by atoms with Crippen molar-refractivity contribution in [3.05, 3.63) is 67.0 Å². The summed E-state index contributed by atoms with van der Waals surface area (Å²) in [4.78, 5) is 8.39. The summed E-state index contributed by atoms with van der Waals surface area (Å²) >= 11 is 0. The van der Waals surface area contributed by atoms with Crippen LogP contribution in [0, 0.1) is 0 Å². The number of aromatic nitrogens is 2. The predicted octanol–water partition coefficient (Wildman–Crippen LogP) is 3.61. The first-order chi connectivity index (χ1) is 13.6. The average Bonchev–Trinajstić information content (AvgIpc) is 3.03. The van der Waals surface area contributed by atoms with Gasteiger partial charge in [0.15, 0.2) is 9.84 Å². The number of rotatable bonds is 6. The van der Waals surface area contributed by atoms with Crippen molar-refractivity contribution >= 4 is 27.2 Å². The number of nitrogens with one attached hydrogen (secondary N) is 2. The van der Waals surface area contributed by atoms with Crippen molar-refractivity contribution in [1.82, 2.24) is 9.97 Å². The monoisotopic (exact) mass is 396 g/mol. The summed E-state index contributed by atoms with van der Waals surface area (Å²) in [5.41, 5.74) is 0.855. The van der Waals surface area contributed by atoms with Gasteiger partial charge in [-0.15, -0.1) is 0 Å². The lowest BCUT2D eigenvalue weighted by Gasteiger charge is -2.13. The molecule has 7 nitrogen and oxygen atoms in total. The van der Waals surface area contributed by atoms with E-state index in [1.807, 2.05) is 54.6 Å². The second-order valence-corrected chi connectivity index (χ2v) is 8.83. The molecule has 0 saturated carbocycles. The lowest BCUT2D eigenvalue weighted by Crippen LogP contribution is -2.21. The van der Waals surface area contributed by atoms with Crippen molar-refractivity contribution in [2.75, 3.05) is 22.1 Å². The topological polar surface area (TPSA) is 93.2 Å². The maximum absolute atomic E-state index is 11.6. The Morgan fingerprint density at radius 3 is 2.36 bits per heavy atom. The zero-order valence-corrected chi connectivity index (χ0v) is 15.9. The van der Waals surface area contributed by atoms with E-state index in [1.54, 1.807) is 6.07 Å². The zero-order chi connectivity index (χ0) is 19.4. The van der Waals surface area contributed by atoms with Crippen molar-refractivity contribution in [3.8, 4) is 11.5 Å². The number of hydrogen-bond acceptors (Lipinski definition) is 7. The molecule has 1 atom stereocenters. The third-order valence-electron chi connectivity index (χ3n) is 4.36. The molecule has 2 aromatic carbocycles. The van der Waals surface area contributed by atoms with Gasteiger partial charge in [-0.1, -0.05) is 18.2 Å². The molecule has 4 rings (SSSR count). The fourth-order valence-corrected chi connectivity index (χ4v) is 4.67. The molecule has 28 heavy (non-hydrogen) atoms. The van der Waals surface area contributed by atoms with Crippen LogP contribution in [0.4, 0.5) is 17.3 Å². The molecular weight excluding hydrogens is 376 g/mol. The Morgan fingerprint density at radius 2 is 1.64 bits per heavy atom. The van der Waals surface area contributed by atoms with Crippen LogP contribution in [0.5, 0.6) is 11.5 Å². The van der Waals surface area contributed by atoms with Gasteiger partial charge in [0.2, 0.25) is 0 Å². The van der Waals surface area contributed by atoms with Crippen LogP contribution in [-0.2, 0) is 9.84 Å². The van der Waals surface area contributed by atoms with E-state index in [9.17, 15) is 8.42 Å². The smallest absolute Gasteiger partial charge is 0.152 e. The molecule has 1 unspecified atom stereocenters. The third-order valence-corrected chi connectivity index (χ3v) is 6.13. The minimum atomic E-state index is -2.93. The van der Waals surface area contributed by atoms with E-state index < -0.39 is 9.84 Å². The van der Waals surface area contributed by atoms with Gasteiger partial charge in [-0.2, -0.15) is 0 Å². The number of benzene rings is 2. The summed E-state index contributed by atoms with van der Waals surface area (Å²) in [6, 6.07) is 18.8. The van der Waals surface area contributed by atoms with Crippen LogP contribution in [0.25, 0.3) is 0 Å². The Balaban J connectivity index is 1.39. The maximum atomic E-state index is 11.6. The van der Waals surface area contributed by atoms with Crippen LogP contribution in [0.1, 0.15) is 6.42 Å². The maximum Gasteiger partial charge on any atom is 0.152 e. The summed E-state index contributed by atoms with van der Waals surface area (Å²) in [6.07, 6.45) is 2.04. The van der Waals surface area contributed by atoms with Gasteiger partial charge >= 0.3 is 0 Å². The SMILES string of the molecule is O=S1(=O)CCC(Nc2cc(Nc3ccc(Oc4ccccc4)cc3)ncn2)C1. The summed E-state index contributed by atoms with van der Waals surface area (Å²) in [7, 11) is -2.93. The fourth-order valence-electron chi connectivity index (χ4n) is 3.00. The zero-order valence-electron chi connectivity index (χ0n) is 15.1. The van der Waals surface area contributed by atoms with Gasteiger partial charge in [0, 0.05) is 17.8 Å². The van der Waals surface area contributed by atoms with E-state index >= 15 is 0 Å². The second-order valence-electron chi connectivity index (χ2n) is 6.60. The van der Waals surface area contributed by atoms with Gasteiger partial charge in [0.1, 0.15) is 29.5 Å². The van der Waals surface area contributed by atoms with E-state index in [0.717, 1.165) is 17.2 Å². The van der Waals surface area contributed by atoms with E-state index in [0.29, 0.717) is 18.1 Å². The van der Waals surface area contributed by atoms with E-state index in [-0.39, 0.29) is 17.5 Å². The molecular formula is C20H20N4O3S. The number of anilines is 3. The third kappa shape index (κ3) is 4.77. The lowest BCUT2D eigenvalue weighted by atomic mass is 10.2. The molecule has 1 aliphatic heterocycles. The van der Waals surface area contributed by atoms with Crippen molar-refractivity contribution in [1.29, 1.82) is 0 Å². The fraction of sp³-hybridized carbons (Fsp3) is 0.200. The van der Waals surface area contributed by atoms with Gasteiger partial charge < -0.3 is 15.4 Å². The number of hydrogen-bond donors (Lipinski definition) is 2. The highest BCUT2D eigenvalue weighted by atomic mass is 32.2. The number of sulfone groups is 1. The molecule has 1 fully saturated rings. The number of para-hydroxylation sites is 1. The first-order valence-corrected chi connectivity index (χ1v) is 10.8. The van der Waals surface area contributed by atoms with Crippen LogP contribution in [-0.4, -0.2) is 35.9 Å². The van der Waals surface area contributed by atoms with E-state index in [2.05, 4.69) is 20.6 Å². The molecule has 3 aromatic rings. The van der Waals surface area contributed by atoms with Gasteiger partial charge in [-0.25, -0.2) is 18.4 Å². The summed E-state index contributed by atoms with van der Waals surface area (Å²) in [6.45, 7) is 0. The average molecular weight is 396 g/mol. The normalized spacial score (nSPS) is 17.8. The molecule has 0 aliphatic carbocycles. The quantitative estimate of drug-likeness (QED) is 0.657. The summed E-state index contributed by atoms with van der Waals surface area (Å²) < 4.78 is 29.0. The van der Waals surface area contributed by atoms with Crippen LogP contribution in [0.15, 0.2) is 67.0 Å². The summed E-state index contributed by atoms with van der Waals surface area (Å²) in [5.74, 6) is 3.10. The first-order valence-electron chi connectivity index (χ1n) is 8.95. The molecule has 0 bridgehead atoms. The van der Waals surface area contributed by atoms with Gasteiger partial charge in [0.05, 0.1) is 11.5 Å². The Hall–Kier alpha value is -3.13. The van der Waals surface area contributed by atoms with E-state index in [4.69, 9.17) is 4.74 Å². The molecule has 0 radical (unpaired) electrons. The Labute approximate surface area is 163 Å². The molecule has 0 spiro atoms. The minimum absolute atomic E-state index is 0.109. The van der Waals surface area contributed by atoms with Crippen molar-refractivity contribution in [2.24, 2.45) is 0 Å². The molecule has 1 aliphatic rings. The largest absolute Gasteiger partial charge is 0.457 e. The molecule has 2 N–H and O–H groups in total. The Bertz CT molecular complexity index is 1040. The molecule has 1 aromatic heterocycles. The highest BCUT2D eigenvalue weighted by Gasteiger charge is 2.27. The molecule has 0 amide bonds. The van der Waals surface area contributed by atoms with Crippen LogP contribution >= 0.6 is 0 Å². The van der Waals surface area contributed by atoms with Crippen LogP contribution < -0.4 is 15.4 Å². The van der Waals surface area contributed by atoms with Gasteiger partial charge in [-0.05, 0) is 42.8 Å². The van der Waals surface area contributed by atoms with Crippen molar-refractivity contribution in [2.45, 2.75) is 12.5 Å². The summed E-state index contributed by atoms with van der Waals surface area (Å²) in [5, 5.41) is 6.38. The van der Waals surface area contributed by atoms with Crippen molar-refractivity contribution in [3.63, 3.8) is 0 Å². The molecule has 1 saturated heterocycles. The second kappa shape index (κ2) is 7.85. The molecule has 2 heterocycles. The minimum Gasteiger partial charge on any atom is -0.457 e. The predicted molar refractivity (Wildman–Crippen MR) is 109 cm³/mol. The Kier molecular flexibility index (Phi) is 5.12. The highest BCUT2D eigenvalue weighted by molar-refractivity contribution is 7.91. The standard InChI is InChI=1S/C20H20N4O3S/c25-28(26)11-10-16(13-28)24-20-12-19(21-14-22-20)23-15-6-8-18(9-7-15)27-17-4-2-1-3-5-17/h1-9,12,14,16H,10-11,13H2,(H2,21,22,23,24). The highest BCUT2D eigenvalue weighted by Crippen LogP contribution is 2.24. The van der Waals surface area contributed by atoms with Crippen LogP contribution in [0.3, 0.4) is 0 Å². The van der Waals surface area contributed by atoms with Crippen molar-refractivity contribution < 1.29 is 13.2 Å². The number of ether oxygens (including phenoxy) is 1. The van der Waals surface area contributed by atoms with Gasteiger partial charge in [-0.3, -0.25) is 0 Å². The van der Waals surface area contributed by atoms with Crippen LogP contribution in [0.2, 0.25) is 0 Å². The molecule has 144 valence electrons.